The number of aromatic nitrogens is 2. The van der Waals surface area contributed by atoms with Gasteiger partial charge in [-0.05, 0) is 43.3 Å². The van der Waals surface area contributed by atoms with E-state index in [-0.39, 0.29) is 24.5 Å². The highest BCUT2D eigenvalue weighted by Crippen LogP contribution is 2.21. The summed E-state index contributed by atoms with van der Waals surface area (Å²) in [7, 11) is 0. The lowest BCUT2D eigenvalue weighted by Gasteiger charge is -2.36. The van der Waals surface area contributed by atoms with Crippen molar-refractivity contribution in [3.05, 3.63) is 64.8 Å². The summed E-state index contributed by atoms with van der Waals surface area (Å²) in [6.45, 7) is 4.59. The first-order valence-corrected chi connectivity index (χ1v) is 10.4. The standard InChI is InChI=1S/C23H23ClN4O2/c1-16-23(26-20-5-3-2-4-19(20)25-16)28-14-12-27(13-15-28)22(30)11-10-21(29)17-6-8-18(24)9-7-17/h2-9H,10-15H2,1H3. The number of para-hydroxylation sites is 2. The summed E-state index contributed by atoms with van der Waals surface area (Å²) in [6.07, 6.45) is 0.423. The fraction of sp³-hybridized carbons (Fsp3) is 0.304. The van der Waals surface area contributed by atoms with Crippen molar-refractivity contribution in [1.29, 1.82) is 0 Å². The summed E-state index contributed by atoms with van der Waals surface area (Å²) >= 11 is 5.86. The van der Waals surface area contributed by atoms with Crippen LogP contribution in [-0.4, -0.2) is 52.7 Å². The molecule has 0 bridgehead atoms. The van der Waals surface area contributed by atoms with Crippen LogP contribution >= 0.6 is 11.6 Å². The number of halogens is 1. The van der Waals surface area contributed by atoms with Gasteiger partial charge in [0.2, 0.25) is 5.91 Å². The molecular formula is C23H23ClN4O2. The van der Waals surface area contributed by atoms with Crippen molar-refractivity contribution < 1.29 is 9.59 Å². The fourth-order valence-electron chi connectivity index (χ4n) is 3.70. The normalized spacial score (nSPS) is 14.2. The molecule has 3 aromatic rings. The second kappa shape index (κ2) is 8.79. The number of fused-ring (bicyclic) bond motifs is 1. The first-order chi connectivity index (χ1) is 14.5. The van der Waals surface area contributed by atoms with E-state index in [0.717, 1.165) is 22.5 Å². The van der Waals surface area contributed by atoms with E-state index in [0.29, 0.717) is 36.8 Å². The van der Waals surface area contributed by atoms with E-state index in [1.165, 1.54) is 0 Å². The molecule has 1 aliphatic rings. The van der Waals surface area contributed by atoms with Crippen LogP contribution in [-0.2, 0) is 4.79 Å². The van der Waals surface area contributed by atoms with Crippen LogP contribution in [0.25, 0.3) is 11.0 Å². The molecule has 7 heteroatoms. The Morgan fingerprint density at radius 1 is 0.900 bits per heavy atom. The third kappa shape index (κ3) is 4.44. The van der Waals surface area contributed by atoms with E-state index >= 15 is 0 Å². The van der Waals surface area contributed by atoms with Crippen LogP contribution < -0.4 is 4.90 Å². The number of amides is 1. The molecule has 1 saturated heterocycles. The molecule has 0 atom stereocenters. The highest BCUT2D eigenvalue weighted by molar-refractivity contribution is 6.30. The average Bonchev–Trinajstić information content (AvgIpc) is 2.77. The smallest absolute Gasteiger partial charge is 0.223 e. The van der Waals surface area contributed by atoms with Gasteiger partial charge in [-0.15, -0.1) is 0 Å². The van der Waals surface area contributed by atoms with Crippen molar-refractivity contribution in [3.8, 4) is 0 Å². The van der Waals surface area contributed by atoms with Gasteiger partial charge in [-0.2, -0.15) is 0 Å². The minimum atomic E-state index is -0.0410. The molecule has 1 aliphatic heterocycles. The van der Waals surface area contributed by atoms with Crippen LogP contribution in [0, 0.1) is 6.92 Å². The number of ketones is 1. The summed E-state index contributed by atoms with van der Waals surface area (Å²) in [5.41, 5.74) is 3.24. The van der Waals surface area contributed by atoms with Crippen LogP contribution in [0.4, 0.5) is 5.82 Å². The minimum absolute atomic E-state index is 0.0123. The summed E-state index contributed by atoms with van der Waals surface area (Å²) in [5, 5.41) is 0.590. The zero-order chi connectivity index (χ0) is 21.1. The van der Waals surface area contributed by atoms with Gasteiger partial charge in [-0.25, -0.2) is 9.97 Å². The van der Waals surface area contributed by atoms with Crippen molar-refractivity contribution in [1.82, 2.24) is 14.9 Å². The lowest BCUT2D eigenvalue weighted by molar-refractivity contribution is -0.131. The minimum Gasteiger partial charge on any atom is -0.352 e. The number of benzene rings is 2. The number of piperazine rings is 1. The number of aryl methyl sites for hydroxylation is 1. The van der Waals surface area contributed by atoms with Crippen molar-refractivity contribution in [2.45, 2.75) is 19.8 Å². The monoisotopic (exact) mass is 422 g/mol. The highest BCUT2D eigenvalue weighted by atomic mass is 35.5. The number of rotatable bonds is 5. The number of anilines is 1. The van der Waals surface area contributed by atoms with Gasteiger partial charge < -0.3 is 9.80 Å². The van der Waals surface area contributed by atoms with Crippen LogP contribution in [0.15, 0.2) is 48.5 Å². The third-order valence-corrected chi connectivity index (χ3v) is 5.64. The van der Waals surface area contributed by atoms with Gasteiger partial charge in [0.05, 0.1) is 16.7 Å². The van der Waals surface area contributed by atoms with Crippen molar-refractivity contribution >= 4 is 40.1 Å². The van der Waals surface area contributed by atoms with Gasteiger partial charge in [-0.1, -0.05) is 23.7 Å². The maximum atomic E-state index is 12.6. The highest BCUT2D eigenvalue weighted by Gasteiger charge is 2.24. The summed E-state index contributed by atoms with van der Waals surface area (Å²) in [6, 6.07) is 14.6. The lowest BCUT2D eigenvalue weighted by atomic mass is 10.1. The van der Waals surface area contributed by atoms with Crippen LogP contribution in [0.1, 0.15) is 28.9 Å². The molecule has 2 aromatic carbocycles. The predicted molar refractivity (Wildman–Crippen MR) is 118 cm³/mol. The number of carbonyl (C=O) groups is 2. The fourth-order valence-corrected chi connectivity index (χ4v) is 3.83. The molecular weight excluding hydrogens is 400 g/mol. The van der Waals surface area contributed by atoms with E-state index in [2.05, 4.69) is 9.88 Å². The molecule has 154 valence electrons. The maximum absolute atomic E-state index is 12.6. The predicted octanol–water partition coefficient (Wildman–Crippen LogP) is 3.90. The maximum Gasteiger partial charge on any atom is 0.223 e. The Balaban J connectivity index is 1.33. The Labute approximate surface area is 180 Å². The molecule has 0 spiro atoms. The largest absolute Gasteiger partial charge is 0.352 e. The summed E-state index contributed by atoms with van der Waals surface area (Å²) in [4.78, 5) is 38.3. The van der Waals surface area contributed by atoms with Gasteiger partial charge in [0.1, 0.15) is 0 Å². The van der Waals surface area contributed by atoms with Gasteiger partial charge in [0, 0.05) is 49.6 Å². The second-order valence-electron chi connectivity index (χ2n) is 7.42. The number of nitrogens with zero attached hydrogens (tertiary/aromatic N) is 4. The molecule has 2 heterocycles. The molecule has 1 fully saturated rings. The molecule has 1 aromatic heterocycles. The van der Waals surface area contributed by atoms with E-state index in [1.807, 2.05) is 36.1 Å². The van der Waals surface area contributed by atoms with Crippen LogP contribution in [0.5, 0.6) is 0 Å². The third-order valence-electron chi connectivity index (χ3n) is 5.38. The van der Waals surface area contributed by atoms with E-state index in [9.17, 15) is 9.59 Å². The molecule has 1 amide bonds. The summed E-state index contributed by atoms with van der Waals surface area (Å²) in [5.74, 6) is 0.845. The number of hydrogen-bond donors (Lipinski definition) is 0. The van der Waals surface area contributed by atoms with Crippen molar-refractivity contribution in [2.24, 2.45) is 0 Å². The molecule has 6 nitrogen and oxygen atoms in total. The SMILES string of the molecule is Cc1nc2ccccc2nc1N1CCN(C(=O)CCC(=O)c2ccc(Cl)cc2)CC1. The topological polar surface area (TPSA) is 66.4 Å². The Morgan fingerprint density at radius 3 is 2.20 bits per heavy atom. The van der Waals surface area contributed by atoms with E-state index in [1.54, 1.807) is 24.3 Å². The van der Waals surface area contributed by atoms with Gasteiger partial charge in [0.25, 0.3) is 0 Å². The molecule has 0 saturated carbocycles. The first kappa shape index (κ1) is 20.3. The van der Waals surface area contributed by atoms with Crippen LogP contribution in [0.2, 0.25) is 5.02 Å². The van der Waals surface area contributed by atoms with E-state index < -0.39 is 0 Å². The lowest BCUT2D eigenvalue weighted by Crippen LogP contribution is -2.49. The zero-order valence-electron chi connectivity index (χ0n) is 16.8. The average molecular weight is 423 g/mol. The number of hydrogen-bond acceptors (Lipinski definition) is 5. The molecule has 0 radical (unpaired) electrons. The first-order valence-electron chi connectivity index (χ1n) is 10.1. The Hall–Kier alpha value is -2.99. The Kier molecular flexibility index (Phi) is 5.95. The second-order valence-corrected chi connectivity index (χ2v) is 7.86. The van der Waals surface area contributed by atoms with Crippen molar-refractivity contribution in [3.63, 3.8) is 0 Å². The quantitative estimate of drug-likeness (QED) is 0.583. The Morgan fingerprint density at radius 2 is 1.53 bits per heavy atom. The molecule has 0 unspecified atom stereocenters. The molecule has 4 rings (SSSR count). The molecule has 0 aliphatic carbocycles. The molecule has 30 heavy (non-hydrogen) atoms. The number of Topliss-reactive ketones (excluding diaryl/α,β-unsaturated/α-hetero) is 1. The Bertz CT molecular complexity index is 1080. The summed E-state index contributed by atoms with van der Waals surface area (Å²) < 4.78 is 0. The van der Waals surface area contributed by atoms with E-state index in [4.69, 9.17) is 16.6 Å². The van der Waals surface area contributed by atoms with Crippen LogP contribution in [0.3, 0.4) is 0 Å². The van der Waals surface area contributed by atoms with Gasteiger partial charge in [-0.3, -0.25) is 9.59 Å². The van der Waals surface area contributed by atoms with Gasteiger partial charge >= 0.3 is 0 Å². The number of carbonyl (C=O) groups excluding carboxylic acids is 2. The van der Waals surface area contributed by atoms with Gasteiger partial charge in [0.15, 0.2) is 11.6 Å². The van der Waals surface area contributed by atoms with Crippen molar-refractivity contribution in [2.75, 3.05) is 31.1 Å². The molecule has 0 N–H and O–H groups in total. The zero-order valence-corrected chi connectivity index (χ0v) is 17.6.